The van der Waals surface area contributed by atoms with Gasteiger partial charge in [-0.25, -0.2) is 0 Å². The van der Waals surface area contributed by atoms with Crippen LogP contribution in [0.25, 0.3) is 0 Å². The third-order valence-electron chi connectivity index (χ3n) is 7.66. The first kappa shape index (κ1) is 30.1. The maximum Gasteiger partial charge on any atom is 0.416 e. The second-order valence-corrected chi connectivity index (χ2v) is 10.3. The minimum atomic E-state index is -4.37. The number of halogens is 3. The summed E-state index contributed by atoms with van der Waals surface area (Å²) in [5, 5.41) is 0. The largest absolute Gasteiger partial charge is 0.416 e. The lowest BCUT2D eigenvalue weighted by Gasteiger charge is -2.40. The van der Waals surface area contributed by atoms with Crippen LogP contribution in [0, 0.1) is 6.92 Å². The van der Waals surface area contributed by atoms with Gasteiger partial charge >= 0.3 is 6.18 Å². The molecule has 1 saturated heterocycles. The Morgan fingerprint density at radius 3 is 2.26 bits per heavy atom. The van der Waals surface area contributed by atoms with E-state index in [1.165, 1.54) is 12.1 Å². The minimum absolute atomic E-state index is 0.0694. The van der Waals surface area contributed by atoms with Gasteiger partial charge in [0, 0.05) is 32.2 Å². The summed E-state index contributed by atoms with van der Waals surface area (Å²) in [4.78, 5) is 19.5. The van der Waals surface area contributed by atoms with Crippen molar-refractivity contribution in [2.45, 2.75) is 64.7 Å². The fourth-order valence-electron chi connectivity index (χ4n) is 5.25. The molecule has 0 bridgehead atoms. The van der Waals surface area contributed by atoms with Gasteiger partial charge in [0.05, 0.1) is 11.6 Å². The van der Waals surface area contributed by atoms with Crippen molar-refractivity contribution in [2.24, 2.45) is 5.73 Å². The summed E-state index contributed by atoms with van der Waals surface area (Å²) >= 11 is 0. The topological polar surface area (TPSA) is 52.8 Å². The third kappa shape index (κ3) is 8.55. The summed E-state index contributed by atoms with van der Waals surface area (Å²) in [6, 6.07) is 13.0. The van der Waals surface area contributed by atoms with Gasteiger partial charge in [0.2, 0.25) is 5.91 Å². The molecule has 2 unspecified atom stereocenters. The molecule has 5 nitrogen and oxygen atoms in total. The van der Waals surface area contributed by atoms with Crippen LogP contribution in [0.5, 0.6) is 0 Å². The van der Waals surface area contributed by atoms with Crippen molar-refractivity contribution in [3.8, 4) is 0 Å². The normalized spacial score (nSPS) is 16.6. The Labute approximate surface area is 225 Å². The van der Waals surface area contributed by atoms with Crippen molar-refractivity contribution in [1.82, 2.24) is 14.7 Å². The maximum absolute atomic E-state index is 13.5. The number of aryl methyl sites for hydroxylation is 1. The van der Waals surface area contributed by atoms with E-state index in [2.05, 4.69) is 23.6 Å². The standard InChI is InChI=1S/C30H43F3N4O/c1-4-35(5-2)16-7-6-11-28(25-9-8-10-26(22-25)30(31,32)33)36-17-19-37(20-18-36)29(38)27(34)21-24-14-12-23(3)13-15-24/h8-10,12-15,22,27-28H,4-7,11,16-21,34H2,1-3H3. The number of unbranched alkanes of at least 4 members (excludes halogenated alkanes) is 1. The van der Waals surface area contributed by atoms with Crippen molar-refractivity contribution in [2.75, 3.05) is 45.8 Å². The van der Waals surface area contributed by atoms with E-state index in [0.717, 1.165) is 56.1 Å². The van der Waals surface area contributed by atoms with E-state index in [-0.39, 0.29) is 11.9 Å². The Balaban J connectivity index is 1.64. The predicted molar refractivity (Wildman–Crippen MR) is 147 cm³/mol. The molecule has 1 aliphatic rings. The zero-order valence-electron chi connectivity index (χ0n) is 23.0. The average molecular weight is 533 g/mol. The Bertz CT molecular complexity index is 999. The number of nitrogens with zero attached hydrogens (tertiary/aromatic N) is 3. The molecule has 210 valence electrons. The molecule has 0 radical (unpaired) electrons. The molecule has 2 atom stereocenters. The number of hydrogen-bond acceptors (Lipinski definition) is 4. The molecular formula is C30H43F3N4O. The highest BCUT2D eigenvalue weighted by atomic mass is 19.4. The summed E-state index contributed by atoms with van der Waals surface area (Å²) < 4.78 is 40.4. The molecule has 2 aromatic rings. The number of nitrogens with two attached hydrogens (primary N) is 1. The van der Waals surface area contributed by atoms with Crippen LogP contribution in [0.2, 0.25) is 0 Å². The molecular weight excluding hydrogens is 489 g/mol. The van der Waals surface area contributed by atoms with Gasteiger partial charge in [-0.3, -0.25) is 9.69 Å². The Morgan fingerprint density at radius 1 is 1.00 bits per heavy atom. The van der Waals surface area contributed by atoms with Crippen LogP contribution in [-0.2, 0) is 17.4 Å². The van der Waals surface area contributed by atoms with E-state index in [1.54, 1.807) is 11.0 Å². The highest BCUT2D eigenvalue weighted by Gasteiger charge is 2.33. The van der Waals surface area contributed by atoms with Crippen molar-refractivity contribution < 1.29 is 18.0 Å². The van der Waals surface area contributed by atoms with Crippen LogP contribution in [-0.4, -0.2) is 72.5 Å². The molecule has 1 heterocycles. The quantitative estimate of drug-likeness (QED) is 0.378. The van der Waals surface area contributed by atoms with E-state index in [9.17, 15) is 18.0 Å². The summed E-state index contributed by atoms with van der Waals surface area (Å²) in [6.07, 6.45) is -1.17. The molecule has 0 saturated carbocycles. The molecule has 0 aromatic heterocycles. The number of carbonyl (C=O) groups excluding carboxylic acids is 1. The van der Waals surface area contributed by atoms with Crippen LogP contribution in [0.1, 0.15) is 61.4 Å². The third-order valence-corrected chi connectivity index (χ3v) is 7.66. The van der Waals surface area contributed by atoms with E-state index in [4.69, 9.17) is 5.73 Å². The molecule has 0 spiro atoms. The molecule has 0 aliphatic carbocycles. The molecule has 8 heteroatoms. The van der Waals surface area contributed by atoms with Crippen molar-refractivity contribution in [3.05, 3.63) is 70.8 Å². The Kier molecular flexibility index (Phi) is 11.2. The second kappa shape index (κ2) is 14.1. The summed E-state index contributed by atoms with van der Waals surface area (Å²) in [5.74, 6) is -0.0694. The Morgan fingerprint density at radius 2 is 1.66 bits per heavy atom. The lowest BCUT2D eigenvalue weighted by atomic mass is 9.96. The van der Waals surface area contributed by atoms with Gasteiger partial charge in [-0.1, -0.05) is 62.2 Å². The van der Waals surface area contributed by atoms with E-state index >= 15 is 0 Å². The summed E-state index contributed by atoms with van der Waals surface area (Å²) in [5.41, 5.74) is 8.55. The first-order chi connectivity index (χ1) is 18.1. The van der Waals surface area contributed by atoms with Crippen LogP contribution in [0.15, 0.2) is 48.5 Å². The van der Waals surface area contributed by atoms with E-state index in [1.807, 2.05) is 31.2 Å². The maximum atomic E-state index is 13.5. The zero-order valence-corrected chi connectivity index (χ0v) is 23.0. The van der Waals surface area contributed by atoms with Crippen molar-refractivity contribution in [3.63, 3.8) is 0 Å². The number of carbonyl (C=O) groups is 1. The van der Waals surface area contributed by atoms with Gasteiger partial charge in [0.25, 0.3) is 0 Å². The van der Waals surface area contributed by atoms with E-state index in [0.29, 0.717) is 38.2 Å². The van der Waals surface area contributed by atoms with E-state index < -0.39 is 17.8 Å². The monoisotopic (exact) mass is 532 g/mol. The molecule has 2 N–H and O–H groups in total. The first-order valence-corrected chi connectivity index (χ1v) is 13.9. The fraction of sp³-hybridized carbons (Fsp3) is 0.567. The minimum Gasteiger partial charge on any atom is -0.339 e. The smallest absolute Gasteiger partial charge is 0.339 e. The molecule has 1 amide bonds. The molecule has 1 fully saturated rings. The average Bonchev–Trinajstić information content (AvgIpc) is 2.91. The lowest BCUT2D eigenvalue weighted by molar-refractivity contribution is -0.138. The molecule has 3 rings (SSSR count). The summed E-state index contributed by atoms with van der Waals surface area (Å²) in [6.45, 7) is 11.6. The second-order valence-electron chi connectivity index (χ2n) is 10.3. The van der Waals surface area contributed by atoms with Crippen LogP contribution < -0.4 is 5.73 Å². The summed E-state index contributed by atoms with van der Waals surface area (Å²) in [7, 11) is 0. The predicted octanol–water partition coefficient (Wildman–Crippen LogP) is 5.28. The fourth-order valence-corrected chi connectivity index (χ4v) is 5.25. The number of alkyl halides is 3. The first-order valence-electron chi connectivity index (χ1n) is 13.9. The number of amides is 1. The SMILES string of the molecule is CCN(CC)CCCCC(c1cccc(C(F)(F)F)c1)N1CCN(C(=O)C(N)Cc2ccc(C)cc2)CC1. The Hall–Kier alpha value is -2.42. The highest BCUT2D eigenvalue weighted by molar-refractivity contribution is 5.82. The van der Waals surface area contributed by atoms with Crippen LogP contribution >= 0.6 is 0 Å². The molecule has 2 aromatic carbocycles. The lowest BCUT2D eigenvalue weighted by Crippen LogP contribution is -2.54. The van der Waals surface area contributed by atoms with Crippen molar-refractivity contribution in [1.29, 1.82) is 0 Å². The van der Waals surface area contributed by atoms with Gasteiger partial charge in [0.15, 0.2) is 0 Å². The van der Waals surface area contributed by atoms with Gasteiger partial charge < -0.3 is 15.5 Å². The van der Waals surface area contributed by atoms with Gasteiger partial charge in [-0.2, -0.15) is 13.2 Å². The van der Waals surface area contributed by atoms with Gasteiger partial charge in [0.1, 0.15) is 0 Å². The van der Waals surface area contributed by atoms with Crippen LogP contribution in [0.3, 0.4) is 0 Å². The number of rotatable bonds is 12. The number of hydrogen-bond donors (Lipinski definition) is 1. The van der Waals surface area contributed by atoms with Gasteiger partial charge in [-0.05, 0) is 69.1 Å². The number of piperazine rings is 1. The highest BCUT2D eigenvalue weighted by Crippen LogP contribution is 2.34. The molecule has 1 aliphatic heterocycles. The van der Waals surface area contributed by atoms with Gasteiger partial charge in [-0.15, -0.1) is 0 Å². The molecule has 38 heavy (non-hydrogen) atoms. The zero-order chi connectivity index (χ0) is 27.7. The van der Waals surface area contributed by atoms with Crippen molar-refractivity contribution >= 4 is 5.91 Å². The number of benzene rings is 2. The van der Waals surface area contributed by atoms with Crippen LogP contribution in [0.4, 0.5) is 13.2 Å².